The molecule has 0 saturated heterocycles. The number of para-hydroxylation sites is 2. The third kappa shape index (κ3) is 5.00. The van der Waals surface area contributed by atoms with Crippen LogP contribution in [0.15, 0.2) is 82.4 Å². The average Bonchev–Trinajstić information content (AvgIpc) is 3.58. The Morgan fingerprint density at radius 3 is 2.51 bits per heavy atom. The van der Waals surface area contributed by atoms with Gasteiger partial charge in [0.1, 0.15) is 12.0 Å². The Morgan fingerprint density at radius 2 is 1.79 bits per heavy atom. The Kier molecular flexibility index (Phi) is 6.79. The summed E-state index contributed by atoms with van der Waals surface area (Å²) in [6, 6.07) is 19.2. The van der Waals surface area contributed by atoms with Crippen molar-refractivity contribution in [2.45, 2.75) is 45.2 Å². The number of pyridine rings is 1. The predicted molar refractivity (Wildman–Crippen MR) is 150 cm³/mol. The van der Waals surface area contributed by atoms with Crippen LogP contribution in [0, 0.1) is 12.8 Å². The number of aryl methyl sites for hydroxylation is 1. The second-order valence-electron chi connectivity index (χ2n) is 10.1. The number of hydrogen-bond donors (Lipinski definition) is 1. The van der Waals surface area contributed by atoms with Gasteiger partial charge in [-0.2, -0.15) is 0 Å². The van der Waals surface area contributed by atoms with Gasteiger partial charge in [0, 0.05) is 30.4 Å². The van der Waals surface area contributed by atoms with Crippen LogP contribution < -0.4 is 11.0 Å². The maximum absolute atomic E-state index is 13.7. The van der Waals surface area contributed by atoms with Crippen molar-refractivity contribution in [1.29, 1.82) is 0 Å². The number of nitrogens with one attached hydrogen (secondary N) is 1. The Morgan fingerprint density at radius 1 is 1.05 bits per heavy atom. The SMILES string of the molecule is Cc1ncc(Cl)cc1C(=O)N[C@H]1CC[C@H](Cn2c(=O)n(-c3ccc(-c4ccon4)cc3)c3ccccc32)CC1. The largest absolute Gasteiger partial charge is 0.364 e. The van der Waals surface area contributed by atoms with Crippen LogP contribution in [0.3, 0.4) is 0 Å². The number of carbonyl (C=O) groups is 1. The number of fused-ring (bicyclic) bond motifs is 1. The molecule has 2 aromatic carbocycles. The number of halogens is 1. The van der Waals surface area contributed by atoms with E-state index in [1.165, 1.54) is 0 Å². The lowest BCUT2D eigenvalue weighted by atomic mass is 9.85. The van der Waals surface area contributed by atoms with Crippen LogP contribution in [0.5, 0.6) is 0 Å². The van der Waals surface area contributed by atoms with Gasteiger partial charge < -0.3 is 9.84 Å². The molecule has 3 heterocycles. The van der Waals surface area contributed by atoms with Crippen molar-refractivity contribution >= 4 is 28.5 Å². The molecule has 9 heteroatoms. The van der Waals surface area contributed by atoms with Gasteiger partial charge in [0.15, 0.2) is 0 Å². The molecule has 0 bridgehead atoms. The summed E-state index contributed by atoms with van der Waals surface area (Å²) < 4.78 is 8.62. The molecule has 8 nitrogen and oxygen atoms in total. The molecule has 0 radical (unpaired) electrons. The zero-order valence-corrected chi connectivity index (χ0v) is 22.3. The summed E-state index contributed by atoms with van der Waals surface area (Å²) in [5.74, 6) is 0.207. The Hall–Kier alpha value is -4.17. The zero-order chi connectivity index (χ0) is 26.9. The molecule has 1 aliphatic carbocycles. The molecule has 0 aliphatic heterocycles. The molecule has 1 amide bonds. The van der Waals surface area contributed by atoms with Crippen LogP contribution in [0.2, 0.25) is 5.02 Å². The van der Waals surface area contributed by atoms with E-state index in [9.17, 15) is 9.59 Å². The average molecular weight is 542 g/mol. The van der Waals surface area contributed by atoms with Gasteiger partial charge in [0.2, 0.25) is 0 Å². The molecular weight excluding hydrogens is 514 g/mol. The monoisotopic (exact) mass is 541 g/mol. The van der Waals surface area contributed by atoms with Crippen molar-refractivity contribution in [3.8, 4) is 16.9 Å². The number of hydrogen-bond acceptors (Lipinski definition) is 5. The van der Waals surface area contributed by atoms with E-state index in [0.29, 0.717) is 28.7 Å². The fourth-order valence-electron chi connectivity index (χ4n) is 5.53. The Labute approximate surface area is 230 Å². The minimum atomic E-state index is -0.139. The highest BCUT2D eigenvalue weighted by molar-refractivity contribution is 6.30. The van der Waals surface area contributed by atoms with E-state index in [-0.39, 0.29) is 17.6 Å². The Bertz CT molecular complexity index is 1680. The number of nitrogens with zero attached hydrogens (tertiary/aromatic N) is 4. The number of aromatic nitrogens is 4. The molecule has 0 spiro atoms. The van der Waals surface area contributed by atoms with Crippen molar-refractivity contribution in [3.05, 3.63) is 99.9 Å². The van der Waals surface area contributed by atoms with Gasteiger partial charge in [-0.1, -0.05) is 41.0 Å². The van der Waals surface area contributed by atoms with E-state index in [2.05, 4.69) is 15.5 Å². The van der Waals surface area contributed by atoms with Crippen LogP contribution in [0.4, 0.5) is 0 Å². The van der Waals surface area contributed by atoms with Crippen LogP contribution in [0.1, 0.15) is 41.7 Å². The van der Waals surface area contributed by atoms with Crippen LogP contribution in [0.25, 0.3) is 28.0 Å². The highest BCUT2D eigenvalue weighted by atomic mass is 35.5. The molecule has 0 atom stereocenters. The third-order valence-corrected chi connectivity index (χ3v) is 7.82. The minimum absolute atomic E-state index is 0.0512. The van der Waals surface area contributed by atoms with Gasteiger partial charge in [-0.05, 0) is 68.9 Å². The fourth-order valence-corrected chi connectivity index (χ4v) is 5.68. The normalized spacial score (nSPS) is 17.4. The van der Waals surface area contributed by atoms with Crippen molar-refractivity contribution in [1.82, 2.24) is 24.6 Å². The van der Waals surface area contributed by atoms with Crippen LogP contribution >= 0.6 is 11.6 Å². The molecule has 5 aromatic rings. The standard InChI is InChI=1S/C30H28ClN5O3/c1-19-25(16-22(31)17-32-19)29(37)33-23-10-6-20(7-11-23)18-35-27-4-2-3-5-28(27)36(30(35)38)24-12-8-21(9-13-24)26-14-15-39-34-26/h2-5,8-9,12-17,20,23H,6-7,10-11,18H2,1H3,(H,33,37)/t20-,23-. The maximum Gasteiger partial charge on any atom is 0.333 e. The first kappa shape index (κ1) is 25.1. The molecular formula is C30H28ClN5O3. The number of rotatable bonds is 6. The van der Waals surface area contributed by atoms with Crippen molar-refractivity contribution < 1.29 is 9.32 Å². The molecule has 39 heavy (non-hydrogen) atoms. The molecule has 6 rings (SSSR count). The van der Waals surface area contributed by atoms with E-state index < -0.39 is 0 Å². The summed E-state index contributed by atoms with van der Waals surface area (Å²) in [6.45, 7) is 2.45. The van der Waals surface area contributed by atoms with Gasteiger partial charge >= 0.3 is 5.69 Å². The second-order valence-corrected chi connectivity index (χ2v) is 10.6. The Balaban J connectivity index is 1.18. The molecule has 1 aliphatic rings. The van der Waals surface area contributed by atoms with Gasteiger partial charge in [-0.15, -0.1) is 0 Å². The fraction of sp³-hybridized carbons (Fsp3) is 0.267. The van der Waals surface area contributed by atoms with Crippen LogP contribution in [-0.2, 0) is 6.54 Å². The second kappa shape index (κ2) is 10.5. The van der Waals surface area contributed by atoms with Crippen molar-refractivity contribution in [2.24, 2.45) is 5.92 Å². The lowest BCUT2D eigenvalue weighted by Crippen LogP contribution is -2.39. The van der Waals surface area contributed by atoms with Gasteiger partial charge in [-0.25, -0.2) is 4.79 Å². The van der Waals surface area contributed by atoms with E-state index in [0.717, 1.165) is 53.7 Å². The topological polar surface area (TPSA) is 95.0 Å². The summed E-state index contributed by atoms with van der Waals surface area (Å²) in [5.41, 5.74) is 5.40. The number of amides is 1. The third-order valence-electron chi connectivity index (χ3n) is 7.62. The number of carbonyl (C=O) groups excluding carboxylic acids is 1. The van der Waals surface area contributed by atoms with Gasteiger partial charge in [0.05, 0.1) is 33.0 Å². The lowest BCUT2D eigenvalue weighted by Gasteiger charge is -2.29. The van der Waals surface area contributed by atoms with E-state index >= 15 is 0 Å². The lowest BCUT2D eigenvalue weighted by molar-refractivity contribution is 0.0919. The molecule has 1 saturated carbocycles. The molecule has 1 N–H and O–H groups in total. The van der Waals surface area contributed by atoms with E-state index in [1.807, 2.05) is 59.2 Å². The summed E-state index contributed by atoms with van der Waals surface area (Å²) >= 11 is 6.04. The summed E-state index contributed by atoms with van der Waals surface area (Å²) in [7, 11) is 0. The highest BCUT2D eigenvalue weighted by Crippen LogP contribution is 2.28. The smallest absolute Gasteiger partial charge is 0.333 e. The first-order chi connectivity index (χ1) is 19.0. The highest BCUT2D eigenvalue weighted by Gasteiger charge is 2.25. The van der Waals surface area contributed by atoms with Crippen LogP contribution in [-0.4, -0.2) is 31.2 Å². The molecule has 198 valence electrons. The van der Waals surface area contributed by atoms with E-state index in [1.54, 1.807) is 30.0 Å². The summed E-state index contributed by atoms with van der Waals surface area (Å²) in [5, 5.41) is 7.59. The summed E-state index contributed by atoms with van der Waals surface area (Å²) in [6.07, 6.45) is 6.67. The number of imidazole rings is 1. The maximum atomic E-state index is 13.7. The first-order valence-electron chi connectivity index (χ1n) is 13.1. The quantitative estimate of drug-likeness (QED) is 0.293. The number of benzene rings is 2. The molecule has 1 fully saturated rings. The first-order valence-corrected chi connectivity index (χ1v) is 13.5. The van der Waals surface area contributed by atoms with E-state index in [4.69, 9.17) is 16.1 Å². The van der Waals surface area contributed by atoms with Gasteiger partial charge in [-0.3, -0.25) is 18.9 Å². The summed E-state index contributed by atoms with van der Waals surface area (Å²) in [4.78, 5) is 30.7. The predicted octanol–water partition coefficient (Wildman–Crippen LogP) is 5.79. The van der Waals surface area contributed by atoms with Crippen molar-refractivity contribution in [3.63, 3.8) is 0 Å². The molecule has 3 aromatic heterocycles. The zero-order valence-electron chi connectivity index (χ0n) is 21.5. The molecule has 0 unspecified atom stereocenters. The van der Waals surface area contributed by atoms with Crippen molar-refractivity contribution in [2.75, 3.05) is 0 Å². The van der Waals surface area contributed by atoms with Gasteiger partial charge in [0.25, 0.3) is 5.91 Å². The minimum Gasteiger partial charge on any atom is -0.364 e.